The Balaban J connectivity index is 2.30. The molecule has 1 aromatic carbocycles. The number of carbonyl (C=O) groups excluding carboxylic acids is 1. The molecule has 1 amide bonds. The van der Waals surface area contributed by atoms with Crippen LogP contribution in [-0.4, -0.2) is 33.9 Å². The van der Waals surface area contributed by atoms with Crippen LogP contribution in [0.2, 0.25) is 0 Å². The first-order chi connectivity index (χ1) is 9.91. The maximum absolute atomic E-state index is 12.6. The van der Waals surface area contributed by atoms with Crippen molar-refractivity contribution >= 4 is 11.6 Å². The van der Waals surface area contributed by atoms with Crippen LogP contribution in [0.25, 0.3) is 0 Å². The average molecular weight is 292 g/mol. The molecule has 0 radical (unpaired) electrons. The summed E-state index contributed by atoms with van der Waals surface area (Å²) in [6.07, 6.45) is 4.20. The largest absolute Gasteiger partial charge is 0.508 e. The van der Waals surface area contributed by atoms with Crippen molar-refractivity contribution in [3.8, 4) is 5.75 Å². The summed E-state index contributed by atoms with van der Waals surface area (Å²) in [5, 5.41) is 20.6. The molecule has 2 atom stereocenters. The van der Waals surface area contributed by atoms with Gasteiger partial charge in [0.2, 0.25) is 0 Å². The molecular formula is C15H20N2O4. The predicted octanol–water partition coefficient (Wildman–Crippen LogP) is 2.95. The van der Waals surface area contributed by atoms with Crippen molar-refractivity contribution in [3.05, 3.63) is 33.9 Å². The molecule has 0 aromatic heterocycles. The second-order valence-corrected chi connectivity index (χ2v) is 5.70. The Hall–Kier alpha value is -2.11. The number of carbonyl (C=O) groups is 1. The van der Waals surface area contributed by atoms with Gasteiger partial charge in [-0.2, -0.15) is 0 Å². The summed E-state index contributed by atoms with van der Waals surface area (Å²) in [5.74, 6) is -0.172. The predicted molar refractivity (Wildman–Crippen MR) is 78.3 cm³/mol. The smallest absolute Gasteiger partial charge is 0.282 e. The fourth-order valence-corrected chi connectivity index (χ4v) is 3.07. The van der Waals surface area contributed by atoms with Crippen LogP contribution in [-0.2, 0) is 0 Å². The van der Waals surface area contributed by atoms with Crippen LogP contribution < -0.4 is 0 Å². The minimum atomic E-state index is -0.592. The van der Waals surface area contributed by atoms with E-state index in [1.54, 1.807) is 11.9 Å². The first kappa shape index (κ1) is 15.3. The molecule has 2 unspecified atom stereocenters. The number of aromatic hydroxyl groups is 1. The quantitative estimate of drug-likeness (QED) is 0.685. The van der Waals surface area contributed by atoms with E-state index in [-0.39, 0.29) is 23.0 Å². The molecule has 1 fully saturated rings. The number of nitrogens with zero attached hydrogens (tertiary/aromatic N) is 2. The Morgan fingerprint density at radius 3 is 2.67 bits per heavy atom. The van der Waals surface area contributed by atoms with Gasteiger partial charge >= 0.3 is 0 Å². The number of phenols is 1. The summed E-state index contributed by atoms with van der Waals surface area (Å²) in [4.78, 5) is 24.6. The molecule has 2 rings (SSSR count). The van der Waals surface area contributed by atoms with Crippen LogP contribution in [0.4, 0.5) is 5.69 Å². The molecule has 1 aliphatic carbocycles. The molecule has 0 heterocycles. The number of hydrogen-bond donors (Lipinski definition) is 1. The lowest BCUT2D eigenvalue weighted by Gasteiger charge is -2.36. The van der Waals surface area contributed by atoms with E-state index in [0.717, 1.165) is 25.7 Å². The Labute approximate surface area is 123 Å². The molecule has 0 saturated heterocycles. The third-order valence-corrected chi connectivity index (χ3v) is 4.29. The molecule has 1 N–H and O–H groups in total. The fraction of sp³-hybridized carbons (Fsp3) is 0.533. The van der Waals surface area contributed by atoms with Crippen LogP contribution in [0.3, 0.4) is 0 Å². The monoisotopic (exact) mass is 292 g/mol. The Kier molecular flexibility index (Phi) is 4.45. The van der Waals surface area contributed by atoms with E-state index in [9.17, 15) is 20.0 Å². The normalized spacial score (nSPS) is 21.8. The number of amides is 1. The zero-order valence-electron chi connectivity index (χ0n) is 12.3. The van der Waals surface area contributed by atoms with Gasteiger partial charge in [0, 0.05) is 19.2 Å². The van der Waals surface area contributed by atoms with Crippen molar-refractivity contribution in [1.29, 1.82) is 0 Å². The Morgan fingerprint density at radius 2 is 2.05 bits per heavy atom. The van der Waals surface area contributed by atoms with Gasteiger partial charge in [0.25, 0.3) is 11.6 Å². The highest BCUT2D eigenvalue weighted by molar-refractivity contribution is 5.98. The van der Waals surface area contributed by atoms with Crippen molar-refractivity contribution in [2.24, 2.45) is 5.92 Å². The Morgan fingerprint density at radius 1 is 1.38 bits per heavy atom. The molecule has 114 valence electrons. The summed E-state index contributed by atoms with van der Waals surface area (Å²) in [6.45, 7) is 2.10. The van der Waals surface area contributed by atoms with Gasteiger partial charge < -0.3 is 10.0 Å². The maximum Gasteiger partial charge on any atom is 0.282 e. The molecule has 0 aliphatic heterocycles. The minimum absolute atomic E-state index is 0.0553. The zero-order chi connectivity index (χ0) is 15.6. The van der Waals surface area contributed by atoms with Gasteiger partial charge in [-0.05, 0) is 30.9 Å². The number of phenolic OH excluding ortho intramolecular Hbond substituents is 1. The van der Waals surface area contributed by atoms with Gasteiger partial charge in [-0.1, -0.05) is 19.8 Å². The molecule has 6 heteroatoms. The molecule has 0 spiro atoms. The second-order valence-electron chi connectivity index (χ2n) is 5.70. The zero-order valence-corrected chi connectivity index (χ0v) is 12.3. The summed E-state index contributed by atoms with van der Waals surface area (Å²) < 4.78 is 0. The number of hydrogen-bond acceptors (Lipinski definition) is 4. The third-order valence-electron chi connectivity index (χ3n) is 4.29. The molecule has 1 aromatic rings. The van der Waals surface area contributed by atoms with Crippen LogP contribution >= 0.6 is 0 Å². The van der Waals surface area contributed by atoms with Crippen LogP contribution in [0.5, 0.6) is 5.75 Å². The lowest BCUT2D eigenvalue weighted by molar-refractivity contribution is -0.385. The summed E-state index contributed by atoms with van der Waals surface area (Å²) >= 11 is 0. The van der Waals surface area contributed by atoms with Gasteiger partial charge in [-0.3, -0.25) is 14.9 Å². The minimum Gasteiger partial charge on any atom is -0.508 e. The standard InChI is InChI=1S/C15H20N2O4/c1-10-5-3-4-6-13(10)16(2)15(19)12-9-11(18)7-8-14(12)17(20)21/h7-10,13,18H,3-6H2,1-2H3. The van der Waals surface area contributed by atoms with Gasteiger partial charge in [0.1, 0.15) is 11.3 Å². The maximum atomic E-state index is 12.6. The van der Waals surface area contributed by atoms with E-state index in [1.807, 2.05) is 0 Å². The summed E-state index contributed by atoms with van der Waals surface area (Å²) in [6, 6.07) is 3.65. The number of rotatable bonds is 3. The van der Waals surface area contributed by atoms with E-state index >= 15 is 0 Å². The van der Waals surface area contributed by atoms with Crippen molar-refractivity contribution in [1.82, 2.24) is 4.90 Å². The van der Waals surface area contributed by atoms with Crippen molar-refractivity contribution in [3.63, 3.8) is 0 Å². The highest BCUT2D eigenvalue weighted by Crippen LogP contribution is 2.30. The van der Waals surface area contributed by atoms with E-state index in [2.05, 4.69) is 6.92 Å². The molecule has 1 aliphatic rings. The lowest BCUT2D eigenvalue weighted by atomic mass is 9.85. The summed E-state index contributed by atoms with van der Waals surface area (Å²) in [7, 11) is 1.68. The summed E-state index contributed by atoms with van der Waals surface area (Å²) in [5.41, 5.74) is -0.326. The molecule has 6 nitrogen and oxygen atoms in total. The van der Waals surface area contributed by atoms with Crippen LogP contribution in [0.1, 0.15) is 43.0 Å². The lowest BCUT2D eigenvalue weighted by Crippen LogP contribution is -2.42. The van der Waals surface area contributed by atoms with E-state index in [4.69, 9.17) is 0 Å². The Bertz CT molecular complexity index is 559. The van der Waals surface area contributed by atoms with Crippen LogP contribution in [0, 0.1) is 16.0 Å². The van der Waals surface area contributed by atoms with Gasteiger partial charge in [-0.15, -0.1) is 0 Å². The van der Waals surface area contributed by atoms with Crippen molar-refractivity contribution in [2.75, 3.05) is 7.05 Å². The van der Waals surface area contributed by atoms with Gasteiger partial charge in [0.05, 0.1) is 4.92 Å². The van der Waals surface area contributed by atoms with Crippen molar-refractivity contribution < 1.29 is 14.8 Å². The molecule has 0 bridgehead atoms. The first-order valence-electron chi connectivity index (χ1n) is 7.16. The highest BCUT2D eigenvalue weighted by atomic mass is 16.6. The van der Waals surface area contributed by atoms with E-state index in [1.165, 1.54) is 18.2 Å². The number of nitro groups is 1. The first-order valence-corrected chi connectivity index (χ1v) is 7.16. The van der Waals surface area contributed by atoms with Gasteiger partial charge in [0.15, 0.2) is 0 Å². The van der Waals surface area contributed by atoms with Crippen LogP contribution in [0.15, 0.2) is 18.2 Å². The van der Waals surface area contributed by atoms with Gasteiger partial charge in [-0.25, -0.2) is 0 Å². The average Bonchev–Trinajstić information content (AvgIpc) is 2.45. The number of nitro benzene ring substituents is 1. The SMILES string of the molecule is CC1CCCCC1N(C)C(=O)c1cc(O)ccc1[N+](=O)[O-]. The second kappa shape index (κ2) is 6.11. The molecule has 1 saturated carbocycles. The molecular weight excluding hydrogens is 272 g/mol. The third kappa shape index (κ3) is 3.15. The number of benzene rings is 1. The topological polar surface area (TPSA) is 83.7 Å². The highest BCUT2D eigenvalue weighted by Gasteiger charge is 2.31. The van der Waals surface area contributed by atoms with E-state index < -0.39 is 10.8 Å². The fourth-order valence-electron chi connectivity index (χ4n) is 3.07. The van der Waals surface area contributed by atoms with E-state index in [0.29, 0.717) is 5.92 Å². The molecule has 21 heavy (non-hydrogen) atoms. The van der Waals surface area contributed by atoms with Crippen molar-refractivity contribution in [2.45, 2.75) is 38.6 Å².